The van der Waals surface area contributed by atoms with Crippen LogP contribution in [0.3, 0.4) is 0 Å². The summed E-state index contributed by atoms with van der Waals surface area (Å²) in [5.74, 6) is 0.0887. The molecular formula is C23H35N3O5. The van der Waals surface area contributed by atoms with Crippen molar-refractivity contribution in [3.8, 4) is 5.75 Å². The van der Waals surface area contributed by atoms with Gasteiger partial charge in [0.2, 0.25) is 11.8 Å². The molecule has 172 valence electrons. The number of anilines is 1. The van der Waals surface area contributed by atoms with Gasteiger partial charge >= 0.3 is 0 Å². The van der Waals surface area contributed by atoms with E-state index in [1.54, 1.807) is 49.1 Å². The maximum absolute atomic E-state index is 13.3. The lowest BCUT2D eigenvalue weighted by Gasteiger charge is -2.35. The van der Waals surface area contributed by atoms with Crippen LogP contribution in [0.5, 0.6) is 5.75 Å². The predicted molar refractivity (Wildman–Crippen MR) is 119 cm³/mol. The van der Waals surface area contributed by atoms with Crippen molar-refractivity contribution in [1.82, 2.24) is 9.80 Å². The smallest absolute Gasteiger partial charge is 0.257 e. The minimum Gasteiger partial charge on any atom is -0.491 e. The highest BCUT2D eigenvalue weighted by atomic mass is 16.5. The van der Waals surface area contributed by atoms with E-state index in [9.17, 15) is 14.4 Å². The lowest BCUT2D eigenvalue weighted by atomic mass is 10.0. The second-order valence-electron chi connectivity index (χ2n) is 8.28. The summed E-state index contributed by atoms with van der Waals surface area (Å²) in [5.41, 5.74) is 0.908. The number of hydrogen-bond donors (Lipinski definition) is 1. The molecule has 0 bridgehead atoms. The van der Waals surface area contributed by atoms with E-state index >= 15 is 0 Å². The molecule has 0 aromatic heterocycles. The summed E-state index contributed by atoms with van der Waals surface area (Å²) in [5, 5.41) is 2.83. The summed E-state index contributed by atoms with van der Waals surface area (Å²) in [6.45, 7) is 8.54. The van der Waals surface area contributed by atoms with E-state index in [2.05, 4.69) is 5.32 Å². The van der Waals surface area contributed by atoms with Gasteiger partial charge < -0.3 is 24.6 Å². The molecule has 3 atom stereocenters. The van der Waals surface area contributed by atoms with Crippen LogP contribution in [0.4, 0.5) is 5.69 Å². The van der Waals surface area contributed by atoms with Crippen molar-refractivity contribution in [2.45, 2.75) is 52.7 Å². The molecule has 31 heavy (non-hydrogen) atoms. The number of benzene rings is 1. The van der Waals surface area contributed by atoms with E-state index in [0.29, 0.717) is 36.5 Å². The van der Waals surface area contributed by atoms with E-state index in [-0.39, 0.29) is 42.4 Å². The Bertz CT molecular complexity index is 797. The highest BCUT2D eigenvalue weighted by Crippen LogP contribution is 2.26. The zero-order valence-electron chi connectivity index (χ0n) is 19.4. The third kappa shape index (κ3) is 6.43. The second kappa shape index (κ2) is 11.1. The summed E-state index contributed by atoms with van der Waals surface area (Å²) in [6, 6.07) is 4.88. The van der Waals surface area contributed by atoms with Gasteiger partial charge in [-0.2, -0.15) is 0 Å². The molecule has 1 aromatic rings. The molecule has 0 aliphatic carbocycles. The van der Waals surface area contributed by atoms with E-state index in [0.717, 1.165) is 6.42 Å². The van der Waals surface area contributed by atoms with Crippen LogP contribution in [0.15, 0.2) is 18.2 Å². The van der Waals surface area contributed by atoms with Gasteiger partial charge in [-0.1, -0.05) is 13.8 Å². The van der Waals surface area contributed by atoms with Gasteiger partial charge in [-0.3, -0.25) is 14.4 Å². The van der Waals surface area contributed by atoms with E-state index in [1.165, 1.54) is 0 Å². The third-order valence-electron chi connectivity index (χ3n) is 5.61. The van der Waals surface area contributed by atoms with Crippen LogP contribution in [-0.2, 0) is 14.3 Å². The topological polar surface area (TPSA) is 88.2 Å². The van der Waals surface area contributed by atoms with Crippen LogP contribution in [0, 0.1) is 5.92 Å². The molecule has 1 aromatic carbocycles. The SMILES string of the molecule is CCCC(=O)Nc1ccc2c(c1)C(=O)N(C)C[C@@H](OC)[C@@H](C)CN(C(C)=O)[C@H](C)CO2. The number of amides is 3. The number of ether oxygens (including phenoxy) is 2. The maximum Gasteiger partial charge on any atom is 0.257 e. The number of carbonyl (C=O) groups excluding carboxylic acids is 3. The highest BCUT2D eigenvalue weighted by molar-refractivity contribution is 5.99. The number of likely N-dealkylation sites (N-methyl/N-ethyl adjacent to an activating group) is 1. The Kier molecular flexibility index (Phi) is 8.86. The number of nitrogens with zero attached hydrogens (tertiary/aromatic N) is 2. The Hall–Kier alpha value is -2.61. The van der Waals surface area contributed by atoms with E-state index in [1.807, 2.05) is 20.8 Å². The van der Waals surface area contributed by atoms with Gasteiger partial charge in [0.05, 0.1) is 17.7 Å². The number of nitrogens with one attached hydrogen (secondary N) is 1. The average molecular weight is 434 g/mol. The first-order valence-electron chi connectivity index (χ1n) is 10.8. The summed E-state index contributed by atoms with van der Waals surface area (Å²) in [6.07, 6.45) is 0.912. The Morgan fingerprint density at radius 3 is 2.58 bits per heavy atom. The summed E-state index contributed by atoms with van der Waals surface area (Å²) < 4.78 is 11.6. The van der Waals surface area contributed by atoms with Crippen LogP contribution >= 0.6 is 0 Å². The van der Waals surface area contributed by atoms with Crippen molar-refractivity contribution in [1.29, 1.82) is 0 Å². The first-order valence-corrected chi connectivity index (χ1v) is 10.8. The Balaban J connectivity index is 2.42. The fourth-order valence-corrected chi connectivity index (χ4v) is 3.74. The molecule has 1 heterocycles. The number of methoxy groups -OCH3 is 1. The molecule has 0 radical (unpaired) electrons. The zero-order chi connectivity index (χ0) is 23.1. The molecule has 1 aliphatic heterocycles. The van der Waals surface area contributed by atoms with Crippen molar-refractivity contribution in [2.75, 3.05) is 39.2 Å². The number of fused-ring (bicyclic) bond motifs is 1. The first kappa shape index (κ1) is 24.7. The molecule has 0 saturated heterocycles. The fraction of sp³-hybridized carbons (Fsp3) is 0.609. The molecule has 1 N–H and O–H groups in total. The normalized spacial score (nSPS) is 22.6. The van der Waals surface area contributed by atoms with Crippen molar-refractivity contribution >= 4 is 23.4 Å². The van der Waals surface area contributed by atoms with Crippen LogP contribution in [0.1, 0.15) is 50.9 Å². The Morgan fingerprint density at radius 1 is 1.26 bits per heavy atom. The molecule has 8 nitrogen and oxygen atoms in total. The van der Waals surface area contributed by atoms with E-state index in [4.69, 9.17) is 9.47 Å². The third-order valence-corrected chi connectivity index (χ3v) is 5.61. The van der Waals surface area contributed by atoms with Crippen LogP contribution < -0.4 is 10.1 Å². The zero-order valence-corrected chi connectivity index (χ0v) is 19.4. The van der Waals surface area contributed by atoms with Gasteiger partial charge in [-0.05, 0) is 31.5 Å². The molecular weight excluding hydrogens is 398 g/mol. The summed E-state index contributed by atoms with van der Waals surface area (Å²) >= 11 is 0. The number of rotatable bonds is 4. The van der Waals surface area contributed by atoms with Gasteiger partial charge in [0, 0.05) is 52.2 Å². The van der Waals surface area contributed by atoms with Crippen LogP contribution in [-0.4, -0.2) is 73.5 Å². The molecule has 8 heteroatoms. The van der Waals surface area contributed by atoms with E-state index < -0.39 is 0 Å². The minimum atomic E-state index is -0.237. The number of carbonyl (C=O) groups is 3. The Labute approximate surface area is 184 Å². The maximum atomic E-state index is 13.3. The quantitative estimate of drug-likeness (QED) is 0.789. The lowest BCUT2D eigenvalue weighted by molar-refractivity contribution is -0.133. The van der Waals surface area contributed by atoms with Gasteiger partial charge in [0.15, 0.2) is 0 Å². The largest absolute Gasteiger partial charge is 0.491 e. The van der Waals surface area contributed by atoms with Gasteiger partial charge in [-0.25, -0.2) is 0 Å². The minimum absolute atomic E-state index is 0.0187. The van der Waals surface area contributed by atoms with Crippen molar-refractivity contribution in [2.24, 2.45) is 5.92 Å². The van der Waals surface area contributed by atoms with Crippen LogP contribution in [0.2, 0.25) is 0 Å². The molecule has 0 unspecified atom stereocenters. The van der Waals surface area contributed by atoms with Crippen LogP contribution in [0.25, 0.3) is 0 Å². The molecule has 1 aliphatic rings. The standard InChI is InChI=1S/C23H35N3O5/c1-7-8-22(28)24-18-9-10-20-19(11-18)23(29)25(5)13-21(30-6)15(2)12-26(17(4)27)16(3)14-31-20/h9-11,15-16,21H,7-8,12-14H2,1-6H3,(H,24,28)/t15-,16+,21+/m0/s1. The molecule has 0 saturated carbocycles. The molecule has 0 spiro atoms. The molecule has 0 fully saturated rings. The lowest BCUT2D eigenvalue weighted by Crippen LogP contribution is -2.48. The van der Waals surface area contributed by atoms with Crippen molar-refractivity contribution < 1.29 is 23.9 Å². The summed E-state index contributed by atoms with van der Waals surface area (Å²) in [7, 11) is 3.33. The monoisotopic (exact) mass is 433 g/mol. The molecule has 3 amide bonds. The second-order valence-corrected chi connectivity index (χ2v) is 8.28. The Morgan fingerprint density at radius 2 is 1.97 bits per heavy atom. The van der Waals surface area contributed by atoms with Gasteiger partial charge in [-0.15, -0.1) is 0 Å². The highest BCUT2D eigenvalue weighted by Gasteiger charge is 2.29. The van der Waals surface area contributed by atoms with Crippen molar-refractivity contribution in [3.63, 3.8) is 0 Å². The summed E-state index contributed by atoms with van der Waals surface area (Å²) in [4.78, 5) is 40.9. The first-order chi connectivity index (χ1) is 14.7. The van der Waals surface area contributed by atoms with Gasteiger partial charge in [0.25, 0.3) is 5.91 Å². The molecule has 2 rings (SSSR count). The average Bonchev–Trinajstić information content (AvgIpc) is 2.72. The fourth-order valence-electron chi connectivity index (χ4n) is 3.74. The van der Waals surface area contributed by atoms with Crippen molar-refractivity contribution in [3.05, 3.63) is 23.8 Å². The number of hydrogen-bond acceptors (Lipinski definition) is 5. The van der Waals surface area contributed by atoms with Gasteiger partial charge in [0.1, 0.15) is 12.4 Å². The predicted octanol–water partition coefficient (Wildman–Crippen LogP) is 2.78.